The molecule has 0 radical (unpaired) electrons. The lowest BCUT2D eigenvalue weighted by atomic mass is 9.61. The molecule has 5 heteroatoms. The molecule has 166 valence electrons. The molecule has 4 aliphatic rings. The van der Waals surface area contributed by atoms with E-state index in [-0.39, 0.29) is 17.4 Å². The Morgan fingerprint density at radius 2 is 1.84 bits per heavy atom. The molecule has 1 atom stereocenters. The fourth-order valence-electron chi connectivity index (χ4n) is 6.47. The summed E-state index contributed by atoms with van der Waals surface area (Å²) in [4.78, 5) is 21.1. The third kappa shape index (κ3) is 2.80. The number of nitrogens with two attached hydrogens (primary N) is 1. The fourth-order valence-corrected chi connectivity index (χ4v) is 6.47. The predicted octanol–water partition coefficient (Wildman–Crippen LogP) is 4.25. The number of carbonyl (C=O) groups excluding carboxylic acids is 1. The maximum Gasteiger partial charge on any atom is 0.262 e. The summed E-state index contributed by atoms with van der Waals surface area (Å²) in [7, 11) is 1.79. The van der Waals surface area contributed by atoms with E-state index in [0.29, 0.717) is 18.4 Å². The van der Waals surface area contributed by atoms with Crippen LogP contribution < -0.4 is 5.73 Å². The second kappa shape index (κ2) is 7.17. The molecule has 1 unspecified atom stereocenters. The Morgan fingerprint density at radius 1 is 1.09 bits per heavy atom. The number of hydrogen-bond donors (Lipinski definition) is 1. The highest BCUT2D eigenvalue weighted by atomic mass is 16.5. The summed E-state index contributed by atoms with van der Waals surface area (Å²) in [5.74, 6) is 1.05. The van der Waals surface area contributed by atoms with Gasteiger partial charge >= 0.3 is 0 Å². The number of guanidine groups is 1. The van der Waals surface area contributed by atoms with Crippen molar-refractivity contribution < 1.29 is 9.53 Å². The van der Waals surface area contributed by atoms with Gasteiger partial charge in [-0.3, -0.25) is 9.69 Å². The van der Waals surface area contributed by atoms with Gasteiger partial charge in [-0.25, -0.2) is 4.99 Å². The average molecular weight is 430 g/mol. The Morgan fingerprint density at radius 3 is 2.53 bits per heavy atom. The quantitative estimate of drug-likeness (QED) is 0.790. The molecule has 1 heterocycles. The van der Waals surface area contributed by atoms with Gasteiger partial charge in [0, 0.05) is 12.5 Å². The summed E-state index contributed by atoms with van der Waals surface area (Å²) < 4.78 is 5.67. The molecule has 0 saturated heterocycles. The Bertz CT molecular complexity index is 1080. The first-order valence-corrected chi connectivity index (χ1v) is 11.9. The summed E-state index contributed by atoms with van der Waals surface area (Å²) in [5.41, 5.74) is 10.2. The molecule has 2 N–H and O–H groups in total. The fraction of sp³-hybridized carbons (Fsp3) is 0.481. The summed E-state index contributed by atoms with van der Waals surface area (Å²) in [6.45, 7) is 0.463. The number of rotatable bonds is 4. The largest absolute Gasteiger partial charge is 0.381 e. The minimum atomic E-state index is -0.898. The lowest BCUT2D eigenvalue weighted by Gasteiger charge is -2.45. The summed E-state index contributed by atoms with van der Waals surface area (Å²) in [6.07, 6.45) is 7.43. The molecule has 32 heavy (non-hydrogen) atoms. The monoisotopic (exact) mass is 429 g/mol. The lowest BCUT2D eigenvalue weighted by molar-refractivity contribution is -0.138. The minimum Gasteiger partial charge on any atom is -0.381 e. The minimum absolute atomic E-state index is 0.0569. The molecule has 0 aromatic heterocycles. The van der Waals surface area contributed by atoms with Crippen LogP contribution in [0.2, 0.25) is 0 Å². The van der Waals surface area contributed by atoms with E-state index in [1.807, 2.05) is 30.3 Å². The van der Waals surface area contributed by atoms with Gasteiger partial charge in [0.25, 0.3) is 5.91 Å². The van der Waals surface area contributed by atoms with Crippen LogP contribution in [0.4, 0.5) is 0 Å². The second-order valence-electron chi connectivity index (χ2n) is 10.1. The van der Waals surface area contributed by atoms with Crippen molar-refractivity contribution in [2.45, 2.75) is 69.1 Å². The van der Waals surface area contributed by atoms with Crippen LogP contribution in [0, 0.1) is 5.41 Å². The van der Waals surface area contributed by atoms with Crippen molar-refractivity contribution in [3.05, 3.63) is 70.8 Å². The highest BCUT2D eigenvalue weighted by Crippen LogP contribution is 2.62. The van der Waals surface area contributed by atoms with E-state index in [1.54, 1.807) is 12.0 Å². The first-order valence-electron chi connectivity index (χ1n) is 11.9. The van der Waals surface area contributed by atoms with E-state index >= 15 is 0 Å². The van der Waals surface area contributed by atoms with E-state index in [4.69, 9.17) is 15.5 Å². The van der Waals surface area contributed by atoms with E-state index in [1.165, 1.54) is 24.0 Å². The number of fused-ring (bicyclic) bond motifs is 3. The number of carbonyl (C=O) groups is 1. The summed E-state index contributed by atoms with van der Waals surface area (Å²) >= 11 is 0. The van der Waals surface area contributed by atoms with Crippen molar-refractivity contribution in [2.24, 2.45) is 16.1 Å². The highest BCUT2D eigenvalue weighted by Gasteiger charge is 2.66. The SMILES string of the molecule is COC1CCC2(CC1)Cc1ccc(C3CC3)cc1C21N=C(N)N(Cc2ccccc2)C1=O. The third-order valence-corrected chi connectivity index (χ3v) is 8.39. The maximum atomic E-state index is 14.3. The molecule has 2 aromatic rings. The van der Waals surface area contributed by atoms with Crippen LogP contribution in [0.1, 0.15) is 66.7 Å². The highest BCUT2D eigenvalue weighted by molar-refractivity contribution is 6.08. The van der Waals surface area contributed by atoms with E-state index in [2.05, 4.69) is 18.2 Å². The number of amides is 1. The number of hydrogen-bond acceptors (Lipinski definition) is 4. The van der Waals surface area contributed by atoms with Crippen LogP contribution in [-0.4, -0.2) is 30.0 Å². The number of ether oxygens (including phenoxy) is 1. The number of aliphatic imine (C=N–C) groups is 1. The van der Waals surface area contributed by atoms with Gasteiger partial charge in [0.15, 0.2) is 11.5 Å². The molecule has 0 bridgehead atoms. The predicted molar refractivity (Wildman–Crippen MR) is 124 cm³/mol. The molecule has 1 amide bonds. The van der Waals surface area contributed by atoms with Gasteiger partial charge in [0.05, 0.1) is 12.6 Å². The lowest BCUT2D eigenvalue weighted by Crippen LogP contribution is -2.52. The number of methoxy groups -OCH3 is 1. The van der Waals surface area contributed by atoms with Crippen molar-refractivity contribution in [1.29, 1.82) is 0 Å². The van der Waals surface area contributed by atoms with E-state index in [0.717, 1.165) is 43.2 Å². The zero-order valence-electron chi connectivity index (χ0n) is 18.7. The molecule has 1 aliphatic heterocycles. The molecule has 3 aliphatic carbocycles. The van der Waals surface area contributed by atoms with Crippen LogP contribution in [-0.2, 0) is 28.0 Å². The first kappa shape index (κ1) is 20.0. The van der Waals surface area contributed by atoms with Gasteiger partial charge in [-0.15, -0.1) is 0 Å². The Kier molecular flexibility index (Phi) is 4.48. The average Bonchev–Trinajstić information content (AvgIpc) is 3.60. The van der Waals surface area contributed by atoms with E-state index in [9.17, 15) is 4.79 Å². The molecular formula is C27H31N3O2. The van der Waals surface area contributed by atoms with Gasteiger partial charge in [-0.05, 0) is 73.1 Å². The maximum absolute atomic E-state index is 14.3. The van der Waals surface area contributed by atoms with Gasteiger partial charge in [0.1, 0.15) is 0 Å². The molecular weight excluding hydrogens is 398 g/mol. The standard InChI is InChI=1S/C27H31N3O2/c1-32-22-11-13-26(14-12-22)16-21-10-9-20(19-7-8-19)15-23(21)27(26)24(31)30(25(28)29-27)17-18-5-3-2-4-6-18/h2-6,9-10,15,19,22H,7-8,11-14,16-17H2,1H3,(H2,28,29). The van der Waals surface area contributed by atoms with Crippen LogP contribution in [0.25, 0.3) is 0 Å². The molecule has 2 spiro atoms. The van der Waals surface area contributed by atoms with Crippen molar-refractivity contribution in [2.75, 3.05) is 7.11 Å². The Labute approximate surface area is 189 Å². The van der Waals surface area contributed by atoms with Crippen molar-refractivity contribution >= 4 is 11.9 Å². The first-order chi connectivity index (χ1) is 15.6. The topological polar surface area (TPSA) is 67.9 Å². The number of nitrogens with zero attached hydrogens (tertiary/aromatic N) is 2. The van der Waals surface area contributed by atoms with E-state index < -0.39 is 5.54 Å². The van der Waals surface area contributed by atoms with Crippen LogP contribution >= 0.6 is 0 Å². The zero-order valence-corrected chi connectivity index (χ0v) is 18.7. The Balaban J connectivity index is 1.45. The molecule has 6 rings (SSSR count). The zero-order chi connectivity index (χ0) is 21.9. The number of benzene rings is 2. The van der Waals surface area contributed by atoms with Crippen molar-refractivity contribution in [3.8, 4) is 0 Å². The van der Waals surface area contributed by atoms with Gasteiger partial charge in [-0.2, -0.15) is 0 Å². The smallest absolute Gasteiger partial charge is 0.262 e. The van der Waals surface area contributed by atoms with Crippen molar-refractivity contribution in [1.82, 2.24) is 4.90 Å². The summed E-state index contributed by atoms with van der Waals surface area (Å²) in [6, 6.07) is 16.9. The third-order valence-electron chi connectivity index (χ3n) is 8.39. The molecule has 2 aromatic carbocycles. The molecule has 5 nitrogen and oxygen atoms in total. The second-order valence-corrected chi connectivity index (χ2v) is 10.1. The summed E-state index contributed by atoms with van der Waals surface area (Å²) in [5, 5.41) is 0. The van der Waals surface area contributed by atoms with Gasteiger partial charge in [0.2, 0.25) is 0 Å². The molecule has 2 saturated carbocycles. The Hall–Kier alpha value is -2.66. The van der Waals surface area contributed by atoms with Crippen LogP contribution in [0.15, 0.2) is 53.5 Å². The van der Waals surface area contributed by atoms with Crippen molar-refractivity contribution in [3.63, 3.8) is 0 Å². The van der Waals surface area contributed by atoms with Gasteiger partial charge in [-0.1, -0.05) is 48.5 Å². The molecule has 2 fully saturated rings. The van der Waals surface area contributed by atoms with Crippen LogP contribution in [0.3, 0.4) is 0 Å². The van der Waals surface area contributed by atoms with Crippen LogP contribution in [0.5, 0.6) is 0 Å². The normalized spacial score (nSPS) is 31.4. The van der Waals surface area contributed by atoms with Gasteiger partial charge < -0.3 is 10.5 Å².